The molecule has 106 valence electrons. The Labute approximate surface area is 120 Å². The molecule has 0 bridgehead atoms. The van der Waals surface area contributed by atoms with Crippen LogP contribution in [-0.2, 0) is 10.2 Å². The van der Waals surface area contributed by atoms with Crippen molar-refractivity contribution in [3.8, 4) is 0 Å². The monoisotopic (exact) mass is 280 g/mol. The fraction of sp³-hybridized carbons (Fsp3) is 0.688. The molecule has 1 fully saturated rings. The third-order valence-electron chi connectivity index (χ3n) is 4.13. The van der Waals surface area contributed by atoms with Gasteiger partial charge in [-0.15, -0.1) is 11.3 Å². The number of carbonyl (C=O) groups excluding carboxylic acids is 1. The maximum Gasteiger partial charge on any atom is 0.178 e. The maximum absolute atomic E-state index is 12.7. The molecule has 19 heavy (non-hydrogen) atoms. The van der Waals surface area contributed by atoms with Crippen LogP contribution in [0.1, 0.15) is 56.1 Å². The zero-order valence-electron chi connectivity index (χ0n) is 12.7. The third-order valence-corrected chi connectivity index (χ3v) is 5.66. The lowest BCUT2D eigenvalue weighted by molar-refractivity contribution is 0.0492. The van der Waals surface area contributed by atoms with Crippen molar-refractivity contribution in [3.63, 3.8) is 0 Å². The van der Waals surface area contributed by atoms with E-state index in [0.29, 0.717) is 5.92 Å². The predicted octanol–water partition coefficient (Wildman–Crippen LogP) is 4.29. The standard InChI is InChI=1S/C16H24O2S/c1-9-10(2)18-11(3)14(9)15(17)12-7-8-13(19-12)16(4,5)6/h7-11,14H,1-6H3. The highest BCUT2D eigenvalue weighted by atomic mass is 32.1. The lowest BCUT2D eigenvalue weighted by Gasteiger charge is -2.17. The predicted molar refractivity (Wildman–Crippen MR) is 80.0 cm³/mol. The molecule has 4 atom stereocenters. The second-order valence-corrected chi connectivity index (χ2v) is 7.79. The summed E-state index contributed by atoms with van der Waals surface area (Å²) in [4.78, 5) is 14.8. The number of Topliss-reactive ketones (excluding diaryl/α,β-unsaturated/α-hetero) is 1. The van der Waals surface area contributed by atoms with E-state index in [-0.39, 0.29) is 29.3 Å². The van der Waals surface area contributed by atoms with Crippen LogP contribution in [0.4, 0.5) is 0 Å². The van der Waals surface area contributed by atoms with E-state index in [1.807, 2.05) is 13.0 Å². The molecule has 1 aromatic heterocycles. The number of ether oxygens (including phenoxy) is 1. The van der Waals surface area contributed by atoms with Gasteiger partial charge in [0.25, 0.3) is 0 Å². The van der Waals surface area contributed by atoms with Crippen molar-refractivity contribution in [2.24, 2.45) is 11.8 Å². The second-order valence-electron chi connectivity index (χ2n) is 6.71. The largest absolute Gasteiger partial charge is 0.374 e. The minimum absolute atomic E-state index is 0.00136. The van der Waals surface area contributed by atoms with Gasteiger partial charge in [0.05, 0.1) is 23.0 Å². The molecule has 3 heteroatoms. The Balaban J connectivity index is 2.23. The van der Waals surface area contributed by atoms with E-state index in [2.05, 4.69) is 40.7 Å². The molecule has 1 saturated heterocycles. The van der Waals surface area contributed by atoms with E-state index < -0.39 is 0 Å². The van der Waals surface area contributed by atoms with E-state index in [1.54, 1.807) is 11.3 Å². The number of hydrogen-bond donors (Lipinski definition) is 0. The van der Waals surface area contributed by atoms with Gasteiger partial charge in [0.15, 0.2) is 5.78 Å². The van der Waals surface area contributed by atoms with E-state index in [1.165, 1.54) is 4.88 Å². The van der Waals surface area contributed by atoms with Crippen molar-refractivity contribution in [1.82, 2.24) is 0 Å². The van der Waals surface area contributed by atoms with Crippen molar-refractivity contribution in [1.29, 1.82) is 0 Å². The molecule has 2 rings (SSSR count). The van der Waals surface area contributed by atoms with E-state index in [9.17, 15) is 4.79 Å². The molecule has 2 nitrogen and oxygen atoms in total. The highest BCUT2D eigenvalue weighted by Gasteiger charge is 2.42. The lowest BCUT2D eigenvalue weighted by Crippen LogP contribution is -2.26. The van der Waals surface area contributed by atoms with Crippen LogP contribution in [0.5, 0.6) is 0 Å². The summed E-state index contributed by atoms with van der Waals surface area (Å²) in [6.45, 7) is 12.7. The van der Waals surface area contributed by atoms with Crippen LogP contribution in [0.15, 0.2) is 12.1 Å². The van der Waals surface area contributed by atoms with E-state index in [4.69, 9.17) is 4.74 Å². The molecule has 1 aromatic rings. The Morgan fingerprint density at radius 1 is 1.16 bits per heavy atom. The summed E-state index contributed by atoms with van der Waals surface area (Å²) in [6, 6.07) is 4.07. The summed E-state index contributed by atoms with van der Waals surface area (Å²) in [6.07, 6.45) is 0.198. The summed E-state index contributed by atoms with van der Waals surface area (Å²) < 4.78 is 5.79. The second kappa shape index (κ2) is 5.02. The first kappa shape index (κ1) is 14.7. The number of rotatable bonds is 2. The minimum Gasteiger partial charge on any atom is -0.374 e. The minimum atomic E-state index is 0.00136. The summed E-state index contributed by atoms with van der Waals surface area (Å²) in [5, 5.41) is 0. The Bertz CT molecular complexity index is 469. The summed E-state index contributed by atoms with van der Waals surface area (Å²) in [5.74, 6) is 0.550. The molecular weight excluding hydrogens is 256 g/mol. The molecule has 0 saturated carbocycles. The SMILES string of the molecule is CC1OC(C)C(C(=O)c2ccc(C(C)(C)C)s2)C1C. The van der Waals surface area contributed by atoms with E-state index in [0.717, 1.165) is 4.88 Å². The molecule has 0 radical (unpaired) electrons. The summed E-state index contributed by atoms with van der Waals surface area (Å²) >= 11 is 1.63. The molecule has 2 heterocycles. The van der Waals surface area contributed by atoms with Crippen LogP contribution in [0, 0.1) is 11.8 Å². The quantitative estimate of drug-likeness (QED) is 0.755. The molecular formula is C16H24O2S. The van der Waals surface area contributed by atoms with Gasteiger partial charge in [-0.25, -0.2) is 0 Å². The fourth-order valence-electron chi connectivity index (χ4n) is 2.76. The van der Waals surface area contributed by atoms with E-state index >= 15 is 0 Å². The van der Waals surface area contributed by atoms with Gasteiger partial charge >= 0.3 is 0 Å². The molecule has 0 aromatic carbocycles. The van der Waals surface area contributed by atoms with Crippen molar-refractivity contribution in [2.45, 2.75) is 59.2 Å². The third kappa shape index (κ3) is 2.77. The molecule has 1 aliphatic heterocycles. The summed E-state index contributed by atoms with van der Waals surface area (Å²) in [5.41, 5.74) is 0.111. The molecule has 0 spiro atoms. The first-order valence-electron chi connectivity index (χ1n) is 7.02. The summed E-state index contributed by atoms with van der Waals surface area (Å²) in [7, 11) is 0. The molecule has 0 amide bonds. The highest BCUT2D eigenvalue weighted by Crippen LogP contribution is 2.37. The molecule has 4 unspecified atom stereocenters. The molecule has 0 N–H and O–H groups in total. The zero-order valence-corrected chi connectivity index (χ0v) is 13.5. The van der Waals surface area contributed by atoms with Crippen molar-refractivity contribution in [2.75, 3.05) is 0 Å². The Kier molecular flexibility index (Phi) is 3.90. The topological polar surface area (TPSA) is 26.3 Å². The van der Waals surface area contributed by atoms with Crippen LogP contribution in [0.25, 0.3) is 0 Å². The average Bonchev–Trinajstić information content (AvgIpc) is 2.84. The van der Waals surface area contributed by atoms with Crippen molar-refractivity contribution in [3.05, 3.63) is 21.9 Å². The van der Waals surface area contributed by atoms with Gasteiger partial charge in [0, 0.05) is 4.88 Å². The van der Waals surface area contributed by atoms with Crippen LogP contribution in [0.2, 0.25) is 0 Å². The number of carbonyl (C=O) groups is 1. The molecule has 1 aliphatic rings. The zero-order chi connectivity index (χ0) is 14.4. The number of thiophene rings is 1. The highest BCUT2D eigenvalue weighted by molar-refractivity contribution is 7.14. The fourth-order valence-corrected chi connectivity index (χ4v) is 3.81. The maximum atomic E-state index is 12.7. The first-order valence-corrected chi connectivity index (χ1v) is 7.83. The van der Waals surface area contributed by atoms with Gasteiger partial charge in [-0.3, -0.25) is 4.79 Å². The Morgan fingerprint density at radius 3 is 2.21 bits per heavy atom. The Morgan fingerprint density at radius 2 is 1.79 bits per heavy atom. The van der Waals surface area contributed by atoms with Gasteiger partial charge in [-0.2, -0.15) is 0 Å². The molecule has 0 aliphatic carbocycles. The van der Waals surface area contributed by atoms with Crippen LogP contribution < -0.4 is 0 Å². The Hall–Kier alpha value is -0.670. The normalized spacial score (nSPS) is 31.7. The van der Waals surface area contributed by atoms with Crippen molar-refractivity contribution < 1.29 is 9.53 Å². The number of hydrogen-bond acceptors (Lipinski definition) is 3. The van der Waals surface area contributed by atoms with Gasteiger partial charge in [-0.05, 0) is 37.3 Å². The average molecular weight is 280 g/mol. The first-order chi connectivity index (χ1) is 8.71. The van der Waals surface area contributed by atoms with Crippen LogP contribution in [-0.4, -0.2) is 18.0 Å². The smallest absolute Gasteiger partial charge is 0.178 e. The van der Waals surface area contributed by atoms with Crippen molar-refractivity contribution >= 4 is 17.1 Å². The van der Waals surface area contributed by atoms with Gasteiger partial charge in [-0.1, -0.05) is 27.7 Å². The van der Waals surface area contributed by atoms with Crippen LogP contribution in [0.3, 0.4) is 0 Å². The van der Waals surface area contributed by atoms with Gasteiger partial charge < -0.3 is 4.74 Å². The number of ketones is 1. The van der Waals surface area contributed by atoms with Gasteiger partial charge in [0.2, 0.25) is 0 Å². The van der Waals surface area contributed by atoms with Gasteiger partial charge in [0.1, 0.15) is 0 Å². The van der Waals surface area contributed by atoms with Crippen LogP contribution >= 0.6 is 11.3 Å². The lowest BCUT2D eigenvalue weighted by atomic mass is 9.85.